The van der Waals surface area contributed by atoms with Gasteiger partial charge in [-0.3, -0.25) is 0 Å². The van der Waals surface area contributed by atoms with Gasteiger partial charge in [0, 0.05) is 27.6 Å². The van der Waals surface area contributed by atoms with E-state index in [2.05, 4.69) is 153 Å². The van der Waals surface area contributed by atoms with Crippen molar-refractivity contribution in [2.24, 2.45) is 17.8 Å². The van der Waals surface area contributed by atoms with Crippen LogP contribution in [-0.2, 0) is 16.2 Å². The van der Waals surface area contributed by atoms with Gasteiger partial charge in [0.05, 0.1) is 5.69 Å². The summed E-state index contributed by atoms with van der Waals surface area (Å²) in [5.41, 5.74) is 21.9. The maximum atomic E-state index is 2.71. The summed E-state index contributed by atoms with van der Waals surface area (Å²) in [5, 5.41) is 0. The van der Waals surface area contributed by atoms with Gasteiger partial charge in [-0.15, -0.1) is 0 Å². The lowest BCUT2D eigenvalue weighted by Crippen LogP contribution is -2.49. The zero-order valence-corrected chi connectivity index (χ0v) is 34.1. The monoisotopic (exact) mass is 741 g/mol. The first-order valence-electron chi connectivity index (χ1n) is 22.5. The molecular formula is C56H55N. The summed E-state index contributed by atoms with van der Waals surface area (Å²) in [6.45, 7) is 7.35. The van der Waals surface area contributed by atoms with Crippen LogP contribution >= 0.6 is 0 Å². The molecule has 2 unspecified atom stereocenters. The first kappa shape index (κ1) is 34.2. The van der Waals surface area contributed by atoms with Crippen molar-refractivity contribution < 1.29 is 0 Å². The maximum absolute atomic E-state index is 2.71. The fourth-order valence-electron chi connectivity index (χ4n) is 14.3. The first-order chi connectivity index (χ1) is 27.9. The van der Waals surface area contributed by atoms with Crippen LogP contribution in [0.25, 0.3) is 33.4 Å². The zero-order valence-electron chi connectivity index (χ0n) is 34.1. The van der Waals surface area contributed by atoms with E-state index in [4.69, 9.17) is 0 Å². The van der Waals surface area contributed by atoms with Crippen LogP contribution < -0.4 is 4.90 Å². The molecule has 0 heterocycles. The Balaban J connectivity index is 1.11. The Hall–Kier alpha value is -4.88. The van der Waals surface area contributed by atoms with Crippen LogP contribution in [0, 0.1) is 17.8 Å². The van der Waals surface area contributed by atoms with Gasteiger partial charge < -0.3 is 4.90 Å². The Morgan fingerprint density at radius 3 is 1.74 bits per heavy atom. The third kappa shape index (κ3) is 4.47. The molecule has 6 aromatic rings. The van der Waals surface area contributed by atoms with E-state index in [1.165, 1.54) is 132 Å². The summed E-state index contributed by atoms with van der Waals surface area (Å²) < 4.78 is 0. The van der Waals surface area contributed by atoms with Gasteiger partial charge in [-0.1, -0.05) is 150 Å². The average molecular weight is 742 g/mol. The number of anilines is 3. The Morgan fingerprint density at radius 2 is 1.05 bits per heavy atom. The molecule has 3 fully saturated rings. The molecule has 3 saturated carbocycles. The molecule has 2 bridgehead atoms. The van der Waals surface area contributed by atoms with Crippen LogP contribution in [0.1, 0.15) is 125 Å². The van der Waals surface area contributed by atoms with Crippen molar-refractivity contribution in [1.29, 1.82) is 0 Å². The molecule has 12 rings (SSSR count). The van der Waals surface area contributed by atoms with Gasteiger partial charge in [-0.2, -0.15) is 0 Å². The van der Waals surface area contributed by atoms with Crippen LogP contribution in [0.15, 0.2) is 127 Å². The van der Waals surface area contributed by atoms with E-state index in [1.54, 1.807) is 22.3 Å². The Labute approximate surface area is 340 Å². The molecule has 6 aliphatic rings. The minimum absolute atomic E-state index is 0.0946. The smallest absolute Gasteiger partial charge is 0.0508 e. The maximum Gasteiger partial charge on any atom is 0.0508 e. The number of nitrogens with zero attached hydrogens (tertiary/aromatic N) is 1. The van der Waals surface area contributed by atoms with E-state index >= 15 is 0 Å². The molecule has 2 atom stereocenters. The number of fused-ring (bicyclic) bond motifs is 11. The Morgan fingerprint density at radius 1 is 0.509 bits per heavy atom. The second-order valence-electron chi connectivity index (χ2n) is 19.3. The summed E-state index contributed by atoms with van der Waals surface area (Å²) >= 11 is 0. The highest BCUT2D eigenvalue weighted by atomic mass is 15.1. The second-order valence-corrected chi connectivity index (χ2v) is 19.3. The van der Waals surface area contributed by atoms with Crippen LogP contribution in [0.5, 0.6) is 0 Å². The third-order valence-corrected chi connectivity index (χ3v) is 16.6. The van der Waals surface area contributed by atoms with Crippen LogP contribution in [-0.4, -0.2) is 0 Å². The van der Waals surface area contributed by atoms with Crippen molar-refractivity contribution in [2.75, 3.05) is 4.90 Å². The largest absolute Gasteiger partial charge is 0.310 e. The van der Waals surface area contributed by atoms with Crippen LogP contribution in [0.4, 0.5) is 17.1 Å². The zero-order chi connectivity index (χ0) is 38.1. The predicted octanol–water partition coefficient (Wildman–Crippen LogP) is 15.2. The third-order valence-electron chi connectivity index (χ3n) is 16.6. The molecule has 6 aromatic carbocycles. The van der Waals surface area contributed by atoms with E-state index in [0.29, 0.717) is 11.8 Å². The van der Waals surface area contributed by atoms with Crippen molar-refractivity contribution in [1.82, 2.24) is 0 Å². The van der Waals surface area contributed by atoms with Crippen molar-refractivity contribution in [2.45, 2.75) is 108 Å². The second kappa shape index (κ2) is 12.3. The summed E-state index contributed by atoms with van der Waals surface area (Å²) in [5.74, 6) is 2.24. The summed E-state index contributed by atoms with van der Waals surface area (Å²) in [4.78, 5) is 2.71. The van der Waals surface area contributed by atoms with Gasteiger partial charge in [0.25, 0.3) is 0 Å². The molecule has 284 valence electrons. The van der Waals surface area contributed by atoms with Gasteiger partial charge >= 0.3 is 0 Å². The highest BCUT2D eigenvalue weighted by Gasteiger charge is 2.57. The number of benzene rings is 6. The van der Waals surface area contributed by atoms with Gasteiger partial charge in [0.2, 0.25) is 0 Å². The Bertz CT molecular complexity index is 2580. The lowest BCUT2D eigenvalue weighted by atomic mass is 9.49. The van der Waals surface area contributed by atoms with Crippen LogP contribution in [0.2, 0.25) is 0 Å². The van der Waals surface area contributed by atoms with E-state index < -0.39 is 0 Å². The van der Waals surface area contributed by atoms with E-state index in [0.717, 1.165) is 5.92 Å². The topological polar surface area (TPSA) is 3.24 Å². The molecule has 2 spiro atoms. The van der Waals surface area contributed by atoms with Crippen molar-refractivity contribution >= 4 is 17.1 Å². The molecule has 1 nitrogen and oxygen atoms in total. The minimum Gasteiger partial charge on any atom is -0.310 e. The van der Waals surface area contributed by atoms with Crippen LogP contribution in [0.3, 0.4) is 0 Å². The standard InChI is InChI=1S/C56H55N/c1-4-36-32-37-16-14-17-38(33-36)56(37)49-24-11-8-19-42(49)45-29-27-40(35-51(45)56)57(52-25-15-21-46-43-20-6-9-22-47(43)54(2,3)53(46)52)39-26-28-44-41-18-7-10-23-48(41)55(50(44)34-39)30-12-5-13-31-55/h6-11,15,18-29,34-38H,4-5,12-14,16-17,30-33H2,1-3H3. The fourth-order valence-corrected chi connectivity index (χ4v) is 14.3. The fraction of sp³-hybridized carbons (Fsp3) is 0.357. The summed E-state index contributed by atoms with van der Waals surface area (Å²) in [6, 6.07) is 50.6. The quantitative estimate of drug-likeness (QED) is 0.174. The number of hydrogen-bond donors (Lipinski definition) is 0. The molecule has 0 aliphatic heterocycles. The molecule has 0 saturated heterocycles. The van der Waals surface area contributed by atoms with Gasteiger partial charge in [-0.05, 0) is 153 Å². The average Bonchev–Trinajstić information content (AvgIpc) is 3.77. The highest BCUT2D eigenvalue weighted by molar-refractivity contribution is 5.93. The molecule has 57 heavy (non-hydrogen) atoms. The summed E-state index contributed by atoms with van der Waals surface area (Å²) in [7, 11) is 0. The van der Waals surface area contributed by atoms with E-state index in [-0.39, 0.29) is 16.2 Å². The molecule has 6 aliphatic carbocycles. The number of rotatable bonds is 4. The lowest BCUT2D eigenvalue weighted by Gasteiger charge is -2.55. The van der Waals surface area contributed by atoms with Gasteiger partial charge in [0.15, 0.2) is 0 Å². The predicted molar refractivity (Wildman–Crippen MR) is 238 cm³/mol. The molecule has 0 amide bonds. The van der Waals surface area contributed by atoms with E-state index in [1.807, 2.05) is 0 Å². The van der Waals surface area contributed by atoms with Crippen molar-refractivity contribution in [3.63, 3.8) is 0 Å². The minimum atomic E-state index is -0.137. The van der Waals surface area contributed by atoms with E-state index in [9.17, 15) is 0 Å². The number of hydrogen-bond acceptors (Lipinski definition) is 1. The highest BCUT2D eigenvalue weighted by Crippen LogP contribution is 2.66. The molecule has 0 N–H and O–H groups in total. The summed E-state index contributed by atoms with van der Waals surface area (Å²) in [6.07, 6.45) is 14.5. The molecular weight excluding hydrogens is 687 g/mol. The van der Waals surface area contributed by atoms with Gasteiger partial charge in [0.1, 0.15) is 0 Å². The SMILES string of the molecule is CCC1CC2CCCC(C1)C21c2ccccc2-c2ccc(N(c3ccc4c(c3)C3(CCCCC3)c3ccccc3-4)c3cccc4c3C(C)(C)c3ccccc3-4)cc21. The van der Waals surface area contributed by atoms with Crippen molar-refractivity contribution in [3.8, 4) is 33.4 Å². The van der Waals surface area contributed by atoms with Gasteiger partial charge in [-0.25, -0.2) is 0 Å². The van der Waals surface area contributed by atoms with Crippen molar-refractivity contribution in [3.05, 3.63) is 161 Å². The molecule has 0 aromatic heterocycles. The normalized spacial score (nSPS) is 25.0. The lowest BCUT2D eigenvalue weighted by molar-refractivity contribution is 0.0492. The molecule has 1 heteroatoms. The first-order valence-corrected chi connectivity index (χ1v) is 22.5. The molecule has 0 radical (unpaired) electrons. The Kier molecular flexibility index (Phi) is 7.39.